The van der Waals surface area contributed by atoms with Gasteiger partial charge in [0.05, 0.1) is 17.2 Å². The molecule has 104 valence electrons. The zero-order chi connectivity index (χ0) is 14.6. The number of hydrogen-bond acceptors (Lipinski definition) is 5. The van der Waals surface area contributed by atoms with Gasteiger partial charge >= 0.3 is 11.9 Å². The Kier molecular flexibility index (Phi) is 4.89. The van der Waals surface area contributed by atoms with Gasteiger partial charge in [0.2, 0.25) is 0 Å². The molecule has 0 N–H and O–H groups in total. The topological polar surface area (TPSA) is 65.5 Å². The van der Waals surface area contributed by atoms with Crippen LogP contribution in [0.3, 0.4) is 0 Å². The minimum Gasteiger partial charge on any atom is -0.461 e. The number of halogens is 1. The maximum atomic E-state index is 11.8. The highest BCUT2D eigenvalue weighted by Crippen LogP contribution is 2.18. The Morgan fingerprint density at radius 2 is 1.95 bits per heavy atom. The quantitative estimate of drug-likeness (QED) is 0.799. The van der Waals surface area contributed by atoms with Crippen molar-refractivity contribution in [1.29, 1.82) is 0 Å². The highest BCUT2D eigenvalue weighted by molar-refractivity contribution is 6.33. The van der Waals surface area contributed by atoms with E-state index >= 15 is 0 Å². The largest absolute Gasteiger partial charge is 0.461 e. The van der Waals surface area contributed by atoms with Crippen LogP contribution in [0.15, 0.2) is 12.3 Å². The van der Waals surface area contributed by atoms with E-state index in [-0.39, 0.29) is 22.9 Å². The molecule has 0 radical (unpaired) electrons. The van der Waals surface area contributed by atoms with Gasteiger partial charge in [-0.1, -0.05) is 11.6 Å². The third-order valence-electron chi connectivity index (χ3n) is 1.94. The summed E-state index contributed by atoms with van der Waals surface area (Å²) in [5, 5.41) is 0.0572. The van der Waals surface area contributed by atoms with Crippen molar-refractivity contribution in [3.8, 4) is 0 Å². The van der Waals surface area contributed by atoms with Crippen LogP contribution in [0, 0.1) is 0 Å². The van der Waals surface area contributed by atoms with E-state index in [1.165, 1.54) is 12.3 Å². The van der Waals surface area contributed by atoms with Gasteiger partial charge < -0.3 is 9.47 Å². The van der Waals surface area contributed by atoms with Crippen LogP contribution >= 0.6 is 11.6 Å². The molecule has 0 saturated heterocycles. The zero-order valence-electron chi connectivity index (χ0n) is 11.3. The lowest BCUT2D eigenvalue weighted by molar-refractivity contribution is 0.00684. The molecular formula is C13H16ClNO4. The first-order chi connectivity index (χ1) is 8.74. The minimum absolute atomic E-state index is 0.0178. The molecule has 0 aliphatic carbocycles. The van der Waals surface area contributed by atoms with Crippen molar-refractivity contribution < 1.29 is 19.1 Å². The SMILES string of the molecule is CCOC(=O)c1ncc(C(=O)OC(C)(C)C)cc1Cl. The summed E-state index contributed by atoms with van der Waals surface area (Å²) in [4.78, 5) is 27.1. The van der Waals surface area contributed by atoms with Crippen LogP contribution in [0.2, 0.25) is 5.02 Å². The van der Waals surface area contributed by atoms with E-state index in [9.17, 15) is 9.59 Å². The average Bonchev–Trinajstić information content (AvgIpc) is 2.26. The smallest absolute Gasteiger partial charge is 0.358 e. The first kappa shape index (κ1) is 15.4. The molecule has 0 fully saturated rings. The molecule has 6 heteroatoms. The number of carbonyl (C=O) groups is 2. The molecule has 19 heavy (non-hydrogen) atoms. The van der Waals surface area contributed by atoms with E-state index in [2.05, 4.69) is 4.98 Å². The Balaban J connectivity index is 2.94. The van der Waals surface area contributed by atoms with Crippen LogP contribution < -0.4 is 0 Å². The molecule has 0 atom stereocenters. The Morgan fingerprint density at radius 3 is 2.42 bits per heavy atom. The minimum atomic E-state index is -0.622. The predicted molar refractivity (Wildman–Crippen MR) is 70.4 cm³/mol. The highest BCUT2D eigenvalue weighted by atomic mass is 35.5. The van der Waals surface area contributed by atoms with Crippen LogP contribution in [-0.4, -0.2) is 29.1 Å². The van der Waals surface area contributed by atoms with Crippen molar-refractivity contribution in [2.24, 2.45) is 0 Å². The van der Waals surface area contributed by atoms with Gasteiger partial charge in [0, 0.05) is 6.20 Å². The molecule has 1 aromatic rings. The lowest BCUT2D eigenvalue weighted by Gasteiger charge is -2.19. The average molecular weight is 286 g/mol. The van der Waals surface area contributed by atoms with Gasteiger partial charge in [-0.05, 0) is 33.8 Å². The van der Waals surface area contributed by atoms with E-state index < -0.39 is 17.5 Å². The van der Waals surface area contributed by atoms with Gasteiger partial charge in [-0.3, -0.25) is 0 Å². The van der Waals surface area contributed by atoms with E-state index in [0.717, 1.165) is 0 Å². The summed E-state index contributed by atoms with van der Waals surface area (Å²) in [5.41, 5.74) is -0.438. The number of rotatable bonds is 3. The second-order valence-corrected chi connectivity index (χ2v) is 5.18. The van der Waals surface area contributed by atoms with Crippen LogP contribution in [0.5, 0.6) is 0 Å². The van der Waals surface area contributed by atoms with Gasteiger partial charge in [-0.25, -0.2) is 14.6 Å². The lowest BCUT2D eigenvalue weighted by atomic mass is 10.2. The number of pyridine rings is 1. The molecular weight excluding hydrogens is 270 g/mol. The summed E-state index contributed by atoms with van der Waals surface area (Å²) >= 11 is 5.90. The Morgan fingerprint density at radius 1 is 1.32 bits per heavy atom. The maximum Gasteiger partial charge on any atom is 0.358 e. The summed E-state index contributed by atoms with van der Waals surface area (Å²) in [6.45, 7) is 7.18. The standard InChI is InChI=1S/C13H16ClNO4/c1-5-18-12(17)10-9(14)6-8(7-15-10)11(16)19-13(2,3)4/h6-7H,5H2,1-4H3. The first-order valence-corrected chi connectivity index (χ1v) is 6.18. The molecule has 0 amide bonds. The van der Waals surface area contributed by atoms with Gasteiger partial charge in [0.1, 0.15) is 5.60 Å². The molecule has 1 rings (SSSR count). The van der Waals surface area contributed by atoms with Crippen molar-refractivity contribution in [2.75, 3.05) is 6.61 Å². The third-order valence-corrected chi connectivity index (χ3v) is 2.23. The summed E-state index contributed by atoms with van der Waals surface area (Å²) < 4.78 is 9.96. The molecule has 5 nitrogen and oxygen atoms in total. The number of ether oxygens (including phenoxy) is 2. The summed E-state index contributed by atoms with van der Waals surface area (Å²) in [6.07, 6.45) is 1.24. The number of aromatic nitrogens is 1. The van der Waals surface area contributed by atoms with E-state index in [0.29, 0.717) is 0 Å². The van der Waals surface area contributed by atoms with Crippen LogP contribution in [0.1, 0.15) is 48.5 Å². The predicted octanol–water partition coefficient (Wildman–Crippen LogP) is 2.87. The number of esters is 2. The van der Waals surface area contributed by atoms with Crippen molar-refractivity contribution in [2.45, 2.75) is 33.3 Å². The molecule has 0 saturated carbocycles. The number of hydrogen-bond donors (Lipinski definition) is 0. The van der Waals surface area contributed by atoms with E-state index in [1.807, 2.05) is 0 Å². The second kappa shape index (κ2) is 6.02. The number of carbonyl (C=O) groups excluding carboxylic acids is 2. The summed E-state index contributed by atoms with van der Waals surface area (Å²) in [7, 11) is 0. The van der Waals surface area contributed by atoms with Crippen LogP contribution in [0.4, 0.5) is 0 Å². The van der Waals surface area contributed by atoms with Crippen molar-refractivity contribution in [1.82, 2.24) is 4.98 Å². The van der Waals surface area contributed by atoms with Gasteiger partial charge in [0.25, 0.3) is 0 Å². The van der Waals surface area contributed by atoms with Crippen molar-refractivity contribution >= 4 is 23.5 Å². The second-order valence-electron chi connectivity index (χ2n) is 4.78. The van der Waals surface area contributed by atoms with Gasteiger partial charge in [0.15, 0.2) is 5.69 Å². The zero-order valence-corrected chi connectivity index (χ0v) is 12.1. The molecule has 0 unspecified atom stereocenters. The molecule has 0 aromatic carbocycles. The fraction of sp³-hybridized carbons (Fsp3) is 0.462. The van der Waals surface area contributed by atoms with Gasteiger partial charge in [-0.15, -0.1) is 0 Å². The fourth-order valence-corrected chi connectivity index (χ4v) is 1.48. The first-order valence-electron chi connectivity index (χ1n) is 5.80. The Bertz CT molecular complexity index is 494. The van der Waals surface area contributed by atoms with E-state index in [1.54, 1.807) is 27.7 Å². The third kappa shape index (κ3) is 4.52. The lowest BCUT2D eigenvalue weighted by Crippen LogP contribution is -2.24. The number of nitrogens with zero attached hydrogens (tertiary/aromatic N) is 1. The van der Waals surface area contributed by atoms with Crippen LogP contribution in [0.25, 0.3) is 0 Å². The molecule has 0 aliphatic heterocycles. The Hall–Kier alpha value is -1.62. The molecule has 0 spiro atoms. The summed E-state index contributed by atoms with van der Waals surface area (Å²) in [6, 6.07) is 1.34. The van der Waals surface area contributed by atoms with E-state index in [4.69, 9.17) is 21.1 Å². The fourth-order valence-electron chi connectivity index (χ4n) is 1.24. The normalized spacial score (nSPS) is 11.0. The monoisotopic (exact) mass is 285 g/mol. The molecule has 1 heterocycles. The summed E-state index contributed by atoms with van der Waals surface area (Å²) in [5.74, 6) is -1.17. The van der Waals surface area contributed by atoms with Crippen molar-refractivity contribution in [3.05, 3.63) is 28.5 Å². The maximum absolute atomic E-state index is 11.8. The highest BCUT2D eigenvalue weighted by Gasteiger charge is 2.20. The molecule has 0 aliphatic rings. The van der Waals surface area contributed by atoms with Gasteiger partial charge in [-0.2, -0.15) is 0 Å². The molecule has 1 aromatic heterocycles. The van der Waals surface area contributed by atoms with Crippen LogP contribution in [-0.2, 0) is 9.47 Å². The van der Waals surface area contributed by atoms with Crippen molar-refractivity contribution in [3.63, 3.8) is 0 Å². The molecule has 0 bridgehead atoms. The Labute approximate surface area is 116 Å².